The van der Waals surface area contributed by atoms with E-state index in [2.05, 4.69) is 15.5 Å². The lowest BCUT2D eigenvalue weighted by molar-refractivity contribution is 0.116. The van der Waals surface area contributed by atoms with Crippen LogP contribution in [0.4, 0.5) is 0 Å². The number of hydrogen-bond donors (Lipinski definition) is 1. The van der Waals surface area contributed by atoms with Gasteiger partial charge < -0.3 is 14.6 Å². The molecule has 1 aliphatic rings. The van der Waals surface area contributed by atoms with E-state index >= 15 is 0 Å². The molecule has 0 aliphatic carbocycles. The highest BCUT2D eigenvalue weighted by Gasteiger charge is 2.20. The van der Waals surface area contributed by atoms with Crippen molar-refractivity contribution >= 4 is 0 Å². The third-order valence-corrected chi connectivity index (χ3v) is 2.71. The number of nitrogens with one attached hydrogen (secondary N) is 1. The fourth-order valence-electron chi connectivity index (χ4n) is 1.54. The van der Waals surface area contributed by atoms with Crippen LogP contribution >= 0.6 is 0 Å². The Balaban J connectivity index is 1.85. The fraction of sp³-hybridized carbons (Fsp3) is 0.800. The van der Waals surface area contributed by atoms with Crippen LogP contribution in [0.1, 0.15) is 18.6 Å². The molecule has 2 heterocycles. The zero-order valence-corrected chi connectivity index (χ0v) is 9.19. The SMILES string of the molecule is COC(C)Cc1noc(CC2CNC2)n1. The van der Waals surface area contributed by atoms with E-state index in [-0.39, 0.29) is 6.10 Å². The summed E-state index contributed by atoms with van der Waals surface area (Å²) < 4.78 is 10.3. The van der Waals surface area contributed by atoms with Crippen molar-refractivity contribution in [3.63, 3.8) is 0 Å². The summed E-state index contributed by atoms with van der Waals surface area (Å²) in [6.45, 7) is 4.12. The molecule has 1 N–H and O–H groups in total. The first kappa shape index (κ1) is 10.6. The van der Waals surface area contributed by atoms with Gasteiger partial charge in [-0.3, -0.25) is 0 Å². The van der Waals surface area contributed by atoms with Crippen molar-refractivity contribution in [2.24, 2.45) is 5.92 Å². The largest absolute Gasteiger partial charge is 0.381 e. The molecule has 0 aromatic carbocycles. The van der Waals surface area contributed by atoms with Gasteiger partial charge in [-0.05, 0) is 25.9 Å². The molecule has 1 atom stereocenters. The molecule has 0 saturated carbocycles. The lowest BCUT2D eigenvalue weighted by Gasteiger charge is -2.25. The zero-order chi connectivity index (χ0) is 10.7. The first-order valence-electron chi connectivity index (χ1n) is 5.33. The molecule has 0 amide bonds. The summed E-state index contributed by atoms with van der Waals surface area (Å²) in [7, 11) is 1.69. The maximum absolute atomic E-state index is 5.17. The second kappa shape index (κ2) is 4.72. The molecule has 1 saturated heterocycles. The Hall–Kier alpha value is -0.940. The summed E-state index contributed by atoms with van der Waals surface area (Å²) >= 11 is 0. The van der Waals surface area contributed by atoms with Gasteiger partial charge in [0.1, 0.15) is 0 Å². The number of rotatable bonds is 5. The van der Waals surface area contributed by atoms with Crippen LogP contribution < -0.4 is 5.32 Å². The number of aromatic nitrogens is 2. The quantitative estimate of drug-likeness (QED) is 0.764. The van der Waals surface area contributed by atoms with Gasteiger partial charge in [-0.25, -0.2) is 0 Å². The highest BCUT2D eigenvalue weighted by molar-refractivity contribution is 4.92. The molecule has 0 bridgehead atoms. The van der Waals surface area contributed by atoms with Crippen LogP contribution in [-0.4, -0.2) is 36.4 Å². The topological polar surface area (TPSA) is 60.2 Å². The van der Waals surface area contributed by atoms with Crippen molar-refractivity contribution in [1.82, 2.24) is 15.5 Å². The third-order valence-electron chi connectivity index (χ3n) is 2.71. The molecular formula is C10H17N3O2. The molecule has 1 aromatic rings. The molecule has 0 radical (unpaired) electrons. The van der Waals surface area contributed by atoms with Crippen molar-refractivity contribution in [2.75, 3.05) is 20.2 Å². The Morgan fingerprint density at radius 2 is 2.40 bits per heavy atom. The van der Waals surface area contributed by atoms with Crippen LogP contribution in [0.25, 0.3) is 0 Å². The Morgan fingerprint density at radius 1 is 1.60 bits per heavy atom. The fourth-order valence-corrected chi connectivity index (χ4v) is 1.54. The Bertz CT molecular complexity index is 288. The molecule has 5 nitrogen and oxygen atoms in total. The van der Waals surface area contributed by atoms with Gasteiger partial charge in [0.15, 0.2) is 5.82 Å². The summed E-state index contributed by atoms with van der Waals surface area (Å²) in [5.41, 5.74) is 0. The van der Waals surface area contributed by atoms with E-state index in [1.807, 2.05) is 6.92 Å². The van der Waals surface area contributed by atoms with Crippen molar-refractivity contribution in [1.29, 1.82) is 0 Å². The Labute approximate surface area is 89.2 Å². The second-order valence-corrected chi connectivity index (χ2v) is 4.08. The average molecular weight is 211 g/mol. The van der Waals surface area contributed by atoms with Crippen LogP contribution in [0.5, 0.6) is 0 Å². The molecule has 1 aromatic heterocycles. The van der Waals surface area contributed by atoms with Gasteiger partial charge in [0.2, 0.25) is 5.89 Å². The molecule has 5 heteroatoms. The number of methoxy groups -OCH3 is 1. The average Bonchev–Trinajstić information content (AvgIpc) is 2.59. The van der Waals surface area contributed by atoms with E-state index in [1.165, 1.54) is 0 Å². The molecule has 1 aliphatic heterocycles. The van der Waals surface area contributed by atoms with Crippen molar-refractivity contribution in [3.8, 4) is 0 Å². The van der Waals surface area contributed by atoms with E-state index in [4.69, 9.17) is 9.26 Å². The third kappa shape index (κ3) is 2.76. The van der Waals surface area contributed by atoms with Crippen LogP contribution in [0, 0.1) is 5.92 Å². The van der Waals surface area contributed by atoms with Gasteiger partial charge in [0, 0.05) is 20.0 Å². The lowest BCUT2D eigenvalue weighted by Crippen LogP contribution is -2.43. The summed E-state index contributed by atoms with van der Waals surface area (Å²) in [4.78, 5) is 4.33. The minimum Gasteiger partial charge on any atom is -0.381 e. The van der Waals surface area contributed by atoms with Crippen molar-refractivity contribution in [2.45, 2.75) is 25.9 Å². The van der Waals surface area contributed by atoms with Crippen molar-refractivity contribution in [3.05, 3.63) is 11.7 Å². The highest BCUT2D eigenvalue weighted by Crippen LogP contribution is 2.11. The van der Waals surface area contributed by atoms with Crippen LogP contribution in [0.3, 0.4) is 0 Å². The van der Waals surface area contributed by atoms with Gasteiger partial charge in [0.25, 0.3) is 0 Å². The molecule has 0 spiro atoms. The van der Waals surface area contributed by atoms with E-state index in [0.29, 0.717) is 12.3 Å². The summed E-state index contributed by atoms with van der Waals surface area (Å²) in [5, 5.41) is 7.15. The van der Waals surface area contributed by atoms with E-state index in [0.717, 1.165) is 31.2 Å². The lowest BCUT2D eigenvalue weighted by atomic mass is 10.00. The molecular weight excluding hydrogens is 194 g/mol. The van der Waals surface area contributed by atoms with Gasteiger partial charge in [-0.15, -0.1) is 0 Å². The van der Waals surface area contributed by atoms with E-state index in [1.54, 1.807) is 7.11 Å². The summed E-state index contributed by atoms with van der Waals surface area (Å²) in [6, 6.07) is 0. The smallest absolute Gasteiger partial charge is 0.227 e. The summed E-state index contributed by atoms with van der Waals surface area (Å²) in [5.74, 6) is 2.16. The second-order valence-electron chi connectivity index (χ2n) is 4.08. The number of nitrogens with zero attached hydrogens (tertiary/aromatic N) is 2. The van der Waals surface area contributed by atoms with Crippen LogP contribution in [0.15, 0.2) is 4.52 Å². The molecule has 2 rings (SSSR count). The maximum Gasteiger partial charge on any atom is 0.227 e. The zero-order valence-electron chi connectivity index (χ0n) is 9.19. The predicted molar refractivity (Wildman–Crippen MR) is 54.5 cm³/mol. The minimum absolute atomic E-state index is 0.140. The number of hydrogen-bond acceptors (Lipinski definition) is 5. The first-order chi connectivity index (χ1) is 7.28. The monoisotopic (exact) mass is 211 g/mol. The van der Waals surface area contributed by atoms with Crippen LogP contribution in [-0.2, 0) is 17.6 Å². The highest BCUT2D eigenvalue weighted by atomic mass is 16.5. The van der Waals surface area contributed by atoms with Gasteiger partial charge in [0.05, 0.1) is 6.10 Å². The normalized spacial score (nSPS) is 18.8. The van der Waals surface area contributed by atoms with Gasteiger partial charge >= 0.3 is 0 Å². The first-order valence-corrected chi connectivity index (χ1v) is 5.33. The van der Waals surface area contributed by atoms with E-state index in [9.17, 15) is 0 Å². The van der Waals surface area contributed by atoms with Crippen molar-refractivity contribution < 1.29 is 9.26 Å². The minimum atomic E-state index is 0.140. The maximum atomic E-state index is 5.17. The molecule has 84 valence electrons. The molecule has 1 fully saturated rings. The van der Waals surface area contributed by atoms with E-state index < -0.39 is 0 Å². The predicted octanol–water partition coefficient (Wildman–Crippen LogP) is 0.409. The Morgan fingerprint density at radius 3 is 3.00 bits per heavy atom. The van der Waals surface area contributed by atoms with Gasteiger partial charge in [-0.2, -0.15) is 4.98 Å². The van der Waals surface area contributed by atoms with Crippen LogP contribution in [0.2, 0.25) is 0 Å². The molecule has 15 heavy (non-hydrogen) atoms. The van der Waals surface area contributed by atoms with Gasteiger partial charge in [-0.1, -0.05) is 5.16 Å². The summed E-state index contributed by atoms with van der Waals surface area (Å²) in [6.07, 6.45) is 1.74. The molecule has 1 unspecified atom stereocenters. The Kier molecular flexibility index (Phi) is 3.33. The standard InChI is InChI=1S/C10H17N3O2/c1-7(14-2)3-9-12-10(15-13-9)4-8-5-11-6-8/h7-8,11H,3-6H2,1-2H3. The number of ether oxygens (including phenoxy) is 1.